The molecular weight excluding hydrogens is 711 g/mol. The number of aliphatic hydroxyl groups is 1. The van der Waals surface area contributed by atoms with Crippen LogP contribution >= 0.6 is 11.3 Å². The summed E-state index contributed by atoms with van der Waals surface area (Å²) in [5, 5.41) is 20.2. The number of fused-ring (bicyclic) bond motifs is 2. The molecule has 0 saturated carbocycles. The van der Waals surface area contributed by atoms with Crippen molar-refractivity contribution in [1.82, 2.24) is 15.4 Å². The van der Waals surface area contributed by atoms with E-state index in [1.165, 1.54) is 17.4 Å². The largest absolute Gasteiger partial charge is 0.512 e. The zero-order valence-electron chi connectivity index (χ0n) is 21.8. The average Bonchev–Trinajstić information content (AvgIpc) is 3.36. The van der Waals surface area contributed by atoms with E-state index < -0.39 is 34.2 Å². The summed E-state index contributed by atoms with van der Waals surface area (Å²) in [7, 11) is 0. The molecule has 0 aliphatic rings. The quantitative estimate of drug-likeness (QED) is 0.0494. The summed E-state index contributed by atoms with van der Waals surface area (Å²) in [4.78, 5) is 12.0. The molecule has 0 fully saturated rings. The number of carbonyl (C=O) groups excluding carboxylic acids is 1. The number of hydrogen-bond acceptors (Lipinski definition) is 6. The predicted octanol–water partition coefficient (Wildman–Crippen LogP) is 8.13. The summed E-state index contributed by atoms with van der Waals surface area (Å²) < 4.78 is 55.7. The fourth-order valence-electron chi connectivity index (χ4n) is 4.05. The topological polar surface area (TPSA) is 76.0 Å². The Balaban J connectivity index is 0.000000294. The SMILES string of the molecule is CCC(CC)C(=O)/C=C(\O)C(CC)CC.Fc1c(F)c(F)c2c(-c3[c-]c4ccccc4s3)nnnc2c1F.[Ir]. The van der Waals surface area contributed by atoms with Crippen molar-refractivity contribution >= 4 is 38.1 Å². The molecule has 5 nitrogen and oxygen atoms in total. The Hall–Kier alpha value is -2.75. The molecule has 1 radical (unpaired) electrons. The number of benzene rings is 2. The molecule has 4 aromatic rings. The molecule has 0 aliphatic carbocycles. The maximum atomic E-state index is 14.1. The number of hydrogen-bond donors (Lipinski definition) is 1. The van der Waals surface area contributed by atoms with Crippen LogP contribution in [-0.4, -0.2) is 26.3 Å². The van der Waals surface area contributed by atoms with Gasteiger partial charge in [0.15, 0.2) is 29.1 Å². The zero-order chi connectivity index (χ0) is 28.0. The number of aliphatic hydroxyl groups excluding tert-OH is 1. The van der Waals surface area contributed by atoms with E-state index in [0.717, 1.165) is 35.8 Å². The summed E-state index contributed by atoms with van der Waals surface area (Å²) in [5.74, 6) is -6.45. The van der Waals surface area contributed by atoms with E-state index in [-0.39, 0.29) is 49.2 Å². The van der Waals surface area contributed by atoms with Gasteiger partial charge in [0.05, 0.1) is 5.76 Å². The van der Waals surface area contributed by atoms with Gasteiger partial charge in [-0.15, -0.1) is 28.7 Å². The predicted molar refractivity (Wildman–Crippen MR) is 141 cm³/mol. The number of ketones is 1. The van der Waals surface area contributed by atoms with Gasteiger partial charge in [0.2, 0.25) is 0 Å². The van der Waals surface area contributed by atoms with E-state index in [0.29, 0.717) is 4.88 Å². The molecule has 0 amide bonds. The van der Waals surface area contributed by atoms with Gasteiger partial charge in [-0.25, -0.2) is 28.9 Å². The monoisotopic (exact) mass is 739 g/mol. The molecule has 4 rings (SSSR count). The van der Waals surface area contributed by atoms with Gasteiger partial charge >= 0.3 is 0 Å². The van der Waals surface area contributed by atoms with E-state index in [2.05, 4.69) is 21.5 Å². The van der Waals surface area contributed by atoms with Gasteiger partial charge in [-0.1, -0.05) is 45.0 Å². The molecule has 0 spiro atoms. The molecular formula is C28H28F4IrN3O2S-. The second kappa shape index (κ2) is 14.6. The van der Waals surface area contributed by atoms with Crippen LogP contribution < -0.4 is 0 Å². The zero-order valence-corrected chi connectivity index (χ0v) is 25.0. The van der Waals surface area contributed by atoms with Crippen LogP contribution in [0, 0.1) is 41.2 Å². The third-order valence-corrected chi connectivity index (χ3v) is 7.49. The molecule has 0 aliphatic heterocycles. The Morgan fingerprint density at radius 1 is 0.923 bits per heavy atom. The first kappa shape index (κ1) is 32.5. The van der Waals surface area contributed by atoms with Crippen molar-refractivity contribution < 1.29 is 47.6 Å². The minimum absolute atomic E-state index is 0. The maximum Gasteiger partial charge on any atom is 0.199 e. The second-order valence-corrected chi connectivity index (χ2v) is 9.72. The Labute approximate surface area is 241 Å². The summed E-state index contributed by atoms with van der Waals surface area (Å²) in [6.45, 7) is 8.07. The first-order chi connectivity index (χ1) is 18.2. The van der Waals surface area contributed by atoms with Crippen molar-refractivity contribution in [2.24, 2.45) is 11.8 Å². The molecule has 2 aromatic carbocycles. The van der Waals surface area contributed by atoms with E-state index in [1.54, 1.807) is 12.1 Å². The summed E-state index contributed by atoms with van der Waals surface area (Å²) in [5.41, 5.74) is -0.844. The Morgan fingerprint density at radius 3 is 2.10 bits per heavy atom. The minimum atomic E-state index is -1.93. The standard InChI is InChI=1S/C15H4F4N3S.C13H24O2.Ir/c16-10-9-14(8-5-6-3-1-2-4-7(6)23-8)20-22-21-15(9)13(19)12(18)11(10)17;1-5-10(6-2)12(14)9-13(15)11(7-3)8-4;/h1-4H;9-11,14H,5-8H2,1-4H3;/q-1;;/b;12-9-;. The van der Waals surface area contributed by atoms with Gasteiger partial charge in [-0.3, -0.25) is 4.79 Å². The first-order valence-corrected chi connectivity index (χ1v) is 13.2. The Bertz CT molecular complexity index is 1440. The van der Waals surface area contributed by atoms with Crippen LogP contribution in [0.2, 0.25) is 0 Å². The van der Waals surface area contributed by atoms with E-state index in [4.69, 9.17) is 0 Å². The molecule has 39 heavy (non-hydrogen) atoms. The molecule has 0 bridgehead atoms. The molecule has 0 unspecified atom stereocenters. The minimum Gasteiger partial charge on any atom is -0.512 e. The van der Waals surface area contributed by atoms with Crippen LogP contribution in [0.5, 0.6) is 0 Å². The summed E-state index contributed by atoms with van der Waals surface area (Å²) in [6, 6.07) is 10.2. The van der Waals surface area contributed by atoms with Gasteiger partial charge in [-0.05, 0) is 35.3 Å². The number of thiophene rings is 1. The van der Waals surface area contributed by atoms with Gasteiger partial charge in [0, 0.05) is 49.1 Å². The molecule has 0 saturated heterocycles. The fraction of sp³-hybridized carbons (Fsp3) is 0.357. The maximum absolute atomic E-state index is 14.1. The Kier molecular flexibility index (Phi) is 12.1. The van der Waals surface area contributed by atoms with E-state index in [9.17, 15) is 27.5 Å². The van der Waals surface area contributed by atoms with Crippen LogP contribution in [-0.2, 0) is 24.9 Å². The second-order valence-electron chi connectivity index (χ2n) is 8.67. The summed E-state index contributed by atoms with van der Waals surface area (Å²) >= 11 is 1.20. The number of rotatable bonds is 8. The molecule has 11 heteroatoms. The Morgan fingerprint density at radius 2 is 1.51 bits per heavy atom. The molecule has 1 N–H and O–H groups in total. The third-order valence-electron chi connectivity index (χ3n) is 6.41. The third kappa shape index (κ3) is 7.07. The summed E-state index contributed by atoms with van der Waals surface area (Å²) in [6.07, 6.45) is 4.91. The van der Waals surface area contributed by atoms with Crippen LogP contribution in [0.1, 0.15) is 53.4 Å². The first-order valence-electron chi connectivity index (χ1n) is 12.4. The van der Waals surface area contributed by atoms with Crippen molar-refractivity contribution in [2.45, 2.75) is 53.4 Å². The van der Waals surface area contributed by atoms with Gasteiger partial charge in [-0.2, -0.15) is 5.10 Å². The van der Waals surface area contributed by atoms with Crippen LogP contribution in [0.25, 0.3) is 31.6 Å². The number of aromatic nitrogens is 3. The number of allylic oxidation sites excluding steroid dienone is 2. The molecule has 211 valence electrons. The van der Waals surface area contributed by atoms with Crippen molar-refractivity contribution in [2.75, 3.05) is 0 Å². The average molecular weight is 739 g/mol. The molecule has 2 heterocycles. The normalized spacial score (nSPS) is 11.6. The molecule has 0 atom stereocenters. The van der Waals surface area contributed by atoms with Gasteiger partial charge in [0.1, 0.15) is 5.52 Å². The number of carbonyl (C=O) groups is 1. The van der Waals surface area contributed by atoms with Crippen LogP contribution in [0.15, 0.2) is 36.1 Å². The van der Waals surface area contributed by atoms with Gasteiger partial charge < -0.3 is 5.11 Å². The van der Waals surface area contributed by atoms with Crippen molar-refractivity contribution in [3.8, 4) is 10.6 Å². The number of nitrogens with zero attached hydrogens (tertiary/aromatic N) is 3. The van der Waals surface area contributed by atoms with Crippen molar-refractivity contribution in [3.05, 3.63) is 65.4 Å². The van der Waals surface area contributed by atoms with E-state index in [1.807, 2.05) is 39.8 Å². The van der Waals surface area contributed by atoms with Crippen LogP contribution in [0.3, 0.4) is 0 Å². The van der Waals surface area contributed by atoms with Crippen LogP contribution in [0.4, 0.5) is 17.6 Å². The van der Waals surface area contributed by atoms with E-state index >= 15 is 0 Å². The van der Waals surface area contributed by atoms with Crippen molar-refractivity contribution in [3.63, 3.8) is 0 Å². The smallest absolute Gasteiger partial charge is 0.199 e. The molecule has 2 aromatic heterocycles. The number of halogens is 4. The fourth-order valence-corrected chi connectivity index (χ4v) is 5.05. The van der Waals surface area contributed by atoms with Crippen molar-refractivity contribution in [1.29, 1.82) is 0 Å². The van der Waals surface area contributed by atoms with Gasteiger partial charge in [0.25, 0.3) is 0 Å².